The van der Waals surface area contributed by atoms with E-state index >= 15 is 0 Å². The minimum Gasteiger partial charge on any atom is -0.324 e. The van der Waals surface area contributed by atoms with Crippen LogP contribution in [0.5, 0.6) is 0 Å². The molecule has 5 nitrogen and oxygen atoms in total. The molecule has 2 aromatic rings. The molecule has 1 N–H and O–H groups in total. The van der Waals surface area contributed by atoms with E-state index in [-0.39, 0.29) is 11.8 Å². The molecule has 1 aromatic carbocycles. The zero-order valence-corrected chi connectivity index (χ0v) is 14.5. The lowest BCUT2D eigenvalue weighted by Gasteiger charge is -2.22. The summed E-state index contributed by atoms with van der Waals surface area (Å²) in [4.78, 5) is 30.9. The number of amides is 2. The van der Waals surface area contributed by atoms with Crippen molar-refractivity contribution in [2.24, 2.45) is 0 Å². The van der Waals surface area contributed by atoms with Gasteiger partial charge in [-0.05, 0) is 26.0 Å². The number of aromatic nitrogens is 1. The summed E-state index contributed by atoms with van der Waals surface area (Å²) in [7, 11) is 0. The quantitative estimate of drug-likeness (QED) is 0.927. The zero-order valence-electron chi connectivity index (χ0n) is 12.9. The number of carbonyl (C=O) groups is 2. The van der Waals surface area contributed by atoms with E-state index in [1.165, 1.54) is 11.3 Å². The van der Waals surface area contributed by atoms with Crippen LogP contribution >= 0.6 is 23.1 Å². The Balaban J connectivity index is 1.71. The van der Waals surface area contributed by atoms with Crippen LogP contribution in [0.25, 0.3) is 0 Å². The van der Waals surface area contributed by atoms with Crippen molar-refractivity contribution in [1.29, 1.82) is 0 Å². The van der Waals surface area contributed by atoms with Gasteiger partial charge in [-0.2, -0.15) is 0 Å². The topological polar surface area (TPSA) is 62.3 Å². The second-order valence-electron chi connectivity index (χ2n) is 5.40. The van der Waals surface area contributed by atoms with E-state index in [0.29, 0.717) is 17.3 Å². The third-order valence-electron chi connectivity index (χ3n) is 3.60. The molecule has 2 amide bonds. The normalized spacial score (nSPS) is 17.3. The molecule has 0 radical (unpaired) electrons. The first-order valence-electron chi connectivity index (χ1n) is 7.23. The SMILES string of the molecule is Cc1ccc(NC(=O)C2CSCN2C(=O)c2csc(C)n2)cc1. The van der Waals surface area contributed by atoms with Crippen LogP contribution in [0, 0.1) is 13.8 Å². The van der Waals surface area contributed by atoms with Crippen LogP contribution in [0.1, 0.15) is 21.1 Å². The number of nitrogens with one attached hydrogen (secondary N) is 1. The fraction of sp³-hybridized carbons (Fsp3) is 0.312. The Labute approximate surface area is 143 Å². The van der Waals surface area contributed by atoms with Crippen molar-refractivity contribution >= 4 is 40.6 Å². The number of rotatable bonds is 3. The number of carbonyl (C=O) groups excluding carboxylic acids is 2. The highest BCUT2D eigenvalue weighted by molar-refractivity contribution is 7.99. The predicted octanol–water partition coefficient (Wildman–Crippen LogP) is 2.91. The molecule has 120 valence electrons. The molecule has 1 unspecified atom stereocenters. The third-order valence-corrected chi connectivity index (χ3v) is 5.39. The molecule has 1 atom stereocenters. The van der Waals surface area contributed by atoms with Gasteiger partial charge in [0.25, 0.3) is 5.91 Å². The van der Waals surface area contributed by atoms with Crippen molar-refractivity contribution in [3.8, 4) is 0 Å². The molecule has 0 bridgehead atoms. The average Bonchev–Trinajstić information content (AvgIpc) is 3.17. The maximum Gasteiger partial charge on any atom is 0.274 e. The summed E-state index contributed by atoms with van der Waals surface area (Å²) in [5, 5.41) is 5.48. The van der Waals surface area contributed by atoms with Gasteiger partial charge in [-0.3, -0.25) is 9.59 Å². The van der Waals surface area contributed by atoms with E-state index in [9.17, 15) is 9.59 Å². The summed E-state index contributed by atoms with van der Waals surface area (Å²) in [6.07, 6.45) is 0. The number of hydrogen-bond donors (Lipinski definition) is 1. The third kappa shape index (κ3) is 3.56. The summed E-state index contributed by atoms with van der Waals surface area (Å²) in [5.41, 5.74) is 2.30. The molecule has 3 rings (SSSR count). The van der Waals surface area contributed by atoms with Crippen molar-refractivity contribution < 1.29 is 9.59 Å². The van der Waals surface area contributed by atoms with Crippen molar-refractivity contribution in [1.82, 2.24) is 9.88 Å². The molecule has 0 saturated carbocycles. The molecule has 23 heavy (non-hydrogen) atoms. The summed E-state index contributed by atoms with van der Waals surface area (Å²) in [5.74, 6) is 0.788. The average molecular weight is 347 g/mol. The van der Waals surface area contributed by atoms with Gasteiger partial charge in [0.2, 0.25) is 5.91 Å². The second kappa shape index (κ2) is 6.72. The molecule has 1 fully saturated rings. The molecule has 1 saturated heterocycles. The summed E-state index contributed by atoms with van der Waals surface area (Å²) in [6.45, 7) is 3.86. The van der Waals surface area contributed by atoms with E-state index in [2.05, 4.69) is 10.3 Å². The van der Waals surface area contributed by atoms with Gasteiger partial charge in [-0.1, -0.05) is 17.7 Å². The summed E-state index contributed by atoms with van der Waals surface area (Å²) in [6, 6.07) is 7.16. The van der Waals surface area contributed by atoms with Crippen LogP contribution < -0.4 is 5.32 Å². The zero-order chi connectivity index (χ0) is 16.4. The van der Waals surface area contributed by atoms with Gasteiger partial charge in [0.05, 0.1) is 10.9 Å². The van der Waals surface area contributed by atoms with E-state index in [1.54, 1.807) is 22.0 Å². The number of aryl methyl sites for hydroxylation is 2. The van der Waals surface area contributed by atoms with E-state index in [1.807, 2.05) is 38.1 Å². The lowest BCUT2D eigenvalue weighted by molar-refractivity contribution is -0.119. The van der Waals surface area contributed by atoms with Crippen LogP contribution in [0.3, 0.4) is 0 Å². The first kappa shape index (κ1) is 16.0. The first-order valence-corrected chi connectivity index (χ1v) is 9.26. The highest BCUT2D eigenvalue weighted by Gasteiger charge is 2.35. The Morgan fingerprint density at radius 2 is 2.00 bits per heavy atom. The Morgan fingerprint density at radius 3 is 2.65 bits per heavy atom. The van der Waals surface area contributed by atoms with Crippen LogP contribution in [-0.2, 0) is 4.79 Å². The van der Waals surface area contributed by atoms with Crippen LogP contribution in [0.4, 0.5) is 5.69 Å². The summed E-state index contributed by atoms with van der Waals surface area (Å²) < 4.78 is 0. The molecule has 0 aliphatic carbocycles. The van der Waals surface area contributed by atoms with Crippen LogP contribution in [-0.4, -0.2) is 39.4 Å². The smallest absolute Gasteiger partial charge is 0.274 e. The summed E-state index contributed by atoms with van der Waals surface area (Å²) >= 11 is 3.02. The van der Waals surface area contributed by atoms with Gasteiger partial charge in [-0.25, -0.2) is 4.98 Å². The molecular weight excluding hydrogens is 330 g/mol. The lowest BCUT2D eigenvalue weighted by Crippen LogP contribution is -2.44. The van der Waals surface area contributed by atoms with Crippen LogP contribution in [0.2, 0.25) is 0 Å². The van der Waals surface area contributed by atoms with Crippen molar-refractivity contribution in [3.05, 3.63) is 45.9 Å². The highest BCUT2D eigenvalue weighted by atomic mass is 32.2. The van der Waals surface area contributed by atoms with E-state index in [4.69, 9.17) is 0 Å². The highest BCUT2D eigenvalue weighted by Crippen LogP contribution is 2.25. The molecule has 1 aromatic heterocycles. The van der Waals surface area contributed by atoms with Crippen molar-refractivity contribution in [3.63, 3.8) is 0 Å². The Bertz CT molecular complexity index is 727. The monoisotopic (exact) mass is 347 g/mol. The minimum absolute atomic E-state index is 0.154. The van der Waals surface area contributed by atoms with Crippen molar-refractivity contribution in [2.45, 2.75) is 19.9 Å². The molecule has 7 heteroatoms. The van der Waals surface area contributed by atoms with E-state index < -0.39 is 6.04 Å². The Kier molecular flexibility index (Phi) is 4.68. The Hall–Kier alpha value is -1.86. The van der Waals surface area contributed by atoms with Gasteiger partial charge in [0.15, 0.2) is 0 Å². The molecule has 1 aliphatic heterocycles. The standard InChI is InChI=1S/C16H17N3O2S2/c1-10-3-5-12(6-4-10)18-15(20)14-8-22-9-19(14)16(21)13-7-23-11(2)17-13/h3-7,14H,8-9H2,1-2H3,(H,18,20). The van der Waals surface area contributed by atoms with Gasteiger partial charge < -0.3 is 10.2 Å². The van der Waals surface area contributed by atoms with Gasteiger partial charge in [0.1, 0.15) is 11.7 Å². The number of anilines is 1. The molecule has 1 aliphatic rings. The second-order valence-corrected chi connectivity index (χ2v) is 7.46. The maximum atomic E-state index is 12.5. The van der Waals surface area contributed by atoms with Gasteiger partial charge in [-0.15, -0.1) is 23.1 Å². The fourth-order valence-corrected chi connectivity index (χ4v) is 4.07. The number of thioether (sulfide) groups is 1. The van der Waals surface area contributed by atoms with E-state index in [0.717, 1.165) is 16.3 Å². The maximum absolute atomic E-state index is 12.5. The number of benzene rings is 1. The number of thiazole rings is 1. The molecule has 2 heterocycles. The predicted molar refractivity (Wildman–Crippen MR) is 93.9 cm³/mol. The molecular formula is C16H17N3O2S2. The minimum atomic E-state index is -0.462. The fourth-order valence-electron chi connectivity index (χ4n) is 2.33. The van der Waals surface area contributed by atoms with Gasteiger partial charge in [0, 0.05) is 16.8 Å². The Morgan fingerprint density at radius 1 is 1.26 bits per heavy atom. The van der Waals surface area contributed by atoms with Crippen molar-refractivity contribution in [2.75, 3.05) is 16.9 Å². The van der Waals surface area contributed by atoms with Gasteiger partial charge >= 0.3 is 0 Å². The number of hydrogen-bond acceptors (Lipinski definition) is 5. The first-order chi connectivity index (χ1) is 11.0. The number of nitrogens with zero attached hydrogens (tertiary/aromatic N) is 2. The molecule has 0 spiro atoms. The largest absolute Gasteiger partial charge is 0.324 e. The van der Waals surface area contributed by atoms with Crippen LogP contribution in [0.15, 0.2) is 29.6 Å². The lowest BCUT2D eigenvalue weighted by atomic mass is 10.2.